The Bertz CT molecular complexity index is 856. The summed E-state index contributed by atoms with van der Waals surface area (Å²) in [6.45, 7) is 4.00. The molecule has 0 bridgehead atoms. The van der Waals surface area contributed by atoms with E-state index in [1.807, 2.05) is 18.3 Å². The van der Waals surface area contributed by atoms with E-state index in [4.69, 9.17) is 4.74 Å². The van der Waals surface area contributed by atoms with Gasteiger partial charge in [-0.3, -0.25) is 5.10 Å². The molecule has 0 saturated carbocycles. The molecule has 3 heterocycles. The fourth-order valence-corrected chi connectivity index (χ4v) is 3.18. The molecule has 1 aliphatic rings. The number of hydrogen-bond donors (Lipinski definition) is 1. The molecule has 0 unspecified atom stereocenters. The number of aromatic nitrogens is 3. The largest absolute Gasteiger partial charge is 0.481 e. The molecule has 5 nitrogen and oxygen atoms in total. The number of nitrogens with zero attached hydrogens (tertiary/aromatic N) is 3. The molecule has 0 atom stereocenters. The van der Waals surface area contributed by atoms with Gasteiger partial charge in [0.05, 0.1) is 19.0 Å². The van der Waals surface area contributed by atoms with Crippen LogP contribution in [0, 0.1) is 0 Å². The van der Waals surface area contributed by atoms with E-state index >= 15 is 0 Å². The highest BCUT2D eigenvalue weighted by Crippen LogP contribution is 2.41. The zero-order valence-electron chi connectivity index (χ0n) is 13.2. The second-order valence-electron chi connectivity index (χ2n) is 5.58. The van der Waals surface area contributed by atoms with Crippen molar-refractivity contribution >= 4 is 5.69 Å². The van der Waals surface area contributed by atoms with Crippen LogP contribution in [0.4, 0.5) is 5.69 Å². The van der Waals surface area contributed by atoms with Crippen LogP contribution >= 0.6 is 0 Å². The van der Waals surface area contributed by atoms with E-state index in [1.165, 1.54) is 16.8 Å². The molecule has 1 aliphatic heterocycles. The summed E-state index contributed by atoms with van der Waals surface area (Å²) in [6, 6.07) is 10.4. The quantitative estimate of drug-likeness (QED) is 0.805. The first-order valence-electron chi connectivity index (χ1n) is 7.72. The van der Waals surface area contributed by atoms with E-state index in [1.54, 1.807) is 13.3 Å². The molecule has 0 aliphatic carbocycles. The van der Waals surface area contributed by atoms with Gasteiger partial charge in [0.2, 0.25) is 5.88 Å². The highest BCUT2D eigenvalue weighted by atomic mass is 16.5. The normalized spacial score (nSPS) is 12.7. The van der Waals surface area contributed by atoms with Crippen LogP contribution < -0.4 is 9.64 Å². The summed E-state index contributed by atoms with van der Waals surface area (Å²) in [7, 11) is 1.65. The maximum atomic E-state index is 5.40. The molecule has 0 amide bonds. The molecule has 0 spiro atoms. The van der Waals surface area contributed by atoms with Gasteiger partial charge in [0.15, 0.2) is 0 Å². The van der Waals surface area contributed by atoms with Gasteiger partial charge in [0.1, 0.15) is 0 Å². The van der Waals surface area contributed by atoms with Crippen molar-refractivity contribution in [1.29, 1.82) is 0 Å². The maximum absolute atomic E-state index is 5.40. The van der Waals surface area contributed by atoms with Crippen LogP contribution in [0.1, 0.15) is 12.5 Å². The molecule has 1 N–H and O–H groups in total. The van der Waals surface area contributed by atoms with Gasteiger partial charge in [-0.2, -0.15) is 5.10 Å². The van der Waals surface area contributed by atoms with Crippen LogP contribution in [0.15, 0.2) is 42.7 Å². The fraction of sp³-hybridized carbons (Fsp3) is 0.222. The molecular formula is C18H18N4O. The Balaban J connectivity index is 1.88. The Labute approximate surface area is 134 Å². The highest BCUT2D eigenvalue weighted by Gasteiger charge is 2.23. The van der Waals surface area contributed by atoms with Gasteiger partial charge in [-0.1, -0.05) is 12.1 Å². The molecule has 23 heavy (non-hydrogen) atoms. The highest BCUT2D eigenvalue weighted by molar-refractivity contribution is 5.85. The number of aromatic amines is 1. The zero-order chi connectivity index (χ0) is 15.8. The van der Waals surface area contributed by atoms with E-state index < -0.39 is 0 Å². The third kappa shape index (κ3) is 2.16. The minimum Gasteiger partial charge on any atom is -0.481 e. The van der Waals surface area contributed by atoms with Crippen molar-refractivity contribution in [3.8, 4) is 28.3 Å². The van der Waals surface area contributed by atoms with Crippen LogP contribution in [0.3, 0.4) is 0 Å². The number of pyridine rings is 1. The number of hydrogen-bond acceptors (Lipinski definition) is 4. The smallest absolute Gasteiger partial charge is 0.221 e. The van der Waals surface area contributed by atoms with Crippen LogP contribution in [0.25, 0.3) is 22.4 Å². The summed E-state index contributed by atoms with van der Waals surface area (Å²) >= 11 is 0. The summed E-state index contributed by atoms with van der Waals surface area (Å²) in [5.41, 5.74) is 6.88. The summed E-state index contributed by atoms with van der Waals surface area (Å²) in [5.74, 6) is 0.647. The molecule has 4 rings (SSSR count). The fourth-order valence-electron chi connectivity index (χ4n) is 3.18. The van der Waals surface area contributed by atoms with Gasteiger partial charge in [-0.25, -0.2) is 4.98 Å². The van der Waals surface area contributed by atoms with Crippen molar-refractivity contribution in [1.82, 2.24) is 15.2 Å². The number of H-pyrrole nitrogens is 1. The van der Waals surface area contributed by atoms with Crippen LogP contribution in [0.5, 0.6) is 5.88 Å². The van der Waals surface area contributed by atoms with Crippen molar-refractivity contribution in [2.45, 2.75) is 13.5 Å². The number of nitrogens with one attached hydrogen (secondary N) is 1. The lowest BCUT2D eigenvalue weighted by Crippen LogP contribution is -2.25. The van der Waals surface area contributed by atoms with Gasteiger partial charge >= 0.3 is 0 Å². The summed E-state index contributed by atoms with van der Waals surface area (Å²) in [4.78, 5) is 6.66. The Kier molecular flexibility index (Phi) is 3.26. The SMILES string of the molecule is CCN1Cc2cn[nH]c2-c2ccc(-c3cccnc3OC)cc21. The monoisotopic (exact) mass is 306 g/mol. The molecule has 0 fully saturated rings. The number of methoxy groups -OCH3 is 1. The first kappa shape index (κ1) is 13.8. The summed E-state index contributed by atoms with van der Waals surface area (Å²) in [5, 5.41) is 7.32. The number of anilines is 1. The lowest BCUT2D eigenvalue weighted by atomic mass is 9.96. The summed E-state index contributed by atoms with van der Waals surface area (Å²) < 4.78 is 5.40. The third-order valence-electron chi connectivity index (χ3n) is 4.34. The number of benzene rings is 1. The predicted molar refractivity (Wildman–Crippen MR) is 90.5 cm³/mol. The maximum Gasteiger partial charge on any atom is 0.221 e. The topological polar surface area (TPSA) is 54.0 Å². The Morgan fingerprint density at radius 3 is 3.00 bits per heavy atom. The van der Waals surface area contributed by atoms with Crippen molar-refractivity contribution in [3.05, 3.63) is 48.3 Å². The predicted octanol–water partition coefficient (Wildman–Crippen LogP) is 3.49. The van der Waals surface area contributed by atoms with E-state index in [0.29, 0.717) is 5.88 Å². The van der Waals surface area contributed by atoms with Gasteiger partial charge in [-0.15, -0.1) is 0 Å². The van der Waals surface area contributed by atoms with E-state index in [-0.39, 0.29) is 0 Å². The minimum atomic E-state index is 0.647. The first-order valence-corrected chi connectivity index (χ1v) is 7.72. The Morgan fingerprint density at radius 2 is 2.17 bits per heavy atom. The lowest BCUT2D eigenvalue weighted by molar-refractivity contribution is 0.399. The third-order valence-corrected chi connectivity index (χ3v) is 4.34. The van der Waals surface area contributed by atoms with Gasteiger partial charge in [-0.05, 0) is 30.7 Å². The Morgan fingerprint density at radius 1 is 1.26 bits per heavy atom. The van der Waals surface area contributed by atoms with Gasteiger partial charge in [0.25, 0.3) is 0 Å². The van der Waals surface area contributed by atoms with Crippen LogP contribution in [0.2, 0.25) is 0 Å². The number of fused-ring (bicyclic) bond motifs is 3. The van der Waals surface area contributed by atoms with Crippen molar-refractivity contribution in [2.24, 2.45) is 0 Å². The minimum absolute atomic E-state index is 0.647. The molecule has 3 aromatic rings. The first-order chi connectivity index (χ1) is 11.3. The van der Waals surface area contributed by atoms with Crippen molar-refractivity contribution < 1.29 is 4.74 Å². The second kappa shape index (κ2) is 5.43. The molecule has 1 aromatic carbocycles. The van der Waals surface area contributed by atoms with E-state index in [2.05, 4.69) is 45.2 Å². The number of ether oxygens (including phenoxy) is 1. The molecular weight excluding hydrogens is 288 g/mol. The van der Waals surface area contributed by atoms with E-state index in [9.17, 15) is 0 Å². The molecule has 2 aromatic heterocycles. The lowest BCUT2D eigenvalue weighted by Gasteiger charge is -2.30. The zero-order valence-corrected chi connectivity index (χ0v) is 13.2. The molecule has 116 valence electrons. The average Bonchev–Trinajstić information content (AvgIpc) is 3.09. The van der Waals surface area contributed by atoms with Crippen LogP contribution in [-0.2, 0) is 6.54 Å². The Hall–Kier alpha value is -2.82. The van der Waals surface area contributed by atoms with Crippen LogP contribution in [-0.4, -0.2) is 28.8 Å². The van der Waals surface area contributed by atoms with Gasteiger partial charge in [0, 0.05) is 41.7 Å². The molecule has 0 saturated heterocycles. The number of rotatable bonds is 3. The van der Waals surface area contributed by atoms with Crippen molar-refractivity contribution in [3.63, 3.8) is 0 Å². The summed E-state index contributed by atoms with van der Waals surface area (Å²) in [6.07, 6.45) is 3.66. The molecule has 5 heteroatoms. The van der Waals surface area contributed by atoms with Crippen molar-refractivity contribution in [2.75, 3.05) is 18.6 Å². The average molecular weight is 306 g/mol. The van der Waals surface area contributed by atoms with Gasteiger partial charge < -0.3 is 9.64 Å². The molecule has 0 radical (unpaired) electrons. The van der Waals surface area contributed by atoms with E-state index in [0.717, 1.165) is 29.9 Å². The second-order valence-corrected chi connectivity index (χ2v) is 5.58. The standard InChI is InChI=1S/C18H18N4O/c1-3-22-11-13-10-20-21-17(13)15-7-6-12(9-16(15)22)14-5-4-8-19-18(14)23-2/h4-10H,3,11H2,1-2H3,(H,20,21).